The monoisotopic (exact) mass is 712 g/mol. The smallest absolute Gasteiger partial charge is 0.545 e. The Morgan fingerprint density at radius 2 is 0.318 bits per heavy atom. The largest absolute Gasteiger partial charge is 4.00 e. The first kappa shape index (κ1) is 63.2. The van der Waals surface area contributed by atoms with E-state index in [0.717, 1.165) is 0 Å². The van der Waals surface area contributed by atoms with Crippen molar-refractivity contribution in [3.05, 3.63) is 85.1 Å². The molecule has 0 N–H and O–H groups in total. The number of hydrogen-bond acceptors (Lipinski definition) is 14. The van der Waals surface area contributed by atoms with Crippen molar-refractivity contribution in [2.75, 3.05) is 0 Å². The summed E-state index contributed by atoms with van der Waals surface area (Å²) in [5.41, 5.74) is 0.454. The molecule has 0 saturated carbocycles. The number of hydrogen-bond donors (Lipinski definition) is 0. The van der Waals surface area contributed by atoms with E-state index in [1.807, 2.05) is 0 Å². The van der Waals surface area contributed by atoms with Crippen LogP contribution in [0.4, 0.5) is 0 Å². The first-order valence-electron chi connectivity index (χ1n) is 10.6. The van der Waals surface area contributed by atoms with E-state index in [1.165, 1.54) is 48.5 Å². The SMILES string of the molecule is C=C(C)C(=O)[O-].C=C(C)C(=O)[O-].C=C(C)C(=O)[O-].C=C(C)C(=O)[O-].C=C(C)C(=O)[O-].C=C(C)C(=O)[O-].C=C(C)C(=O)[O-].[Al+3].[Zr+4]. The zero-order valence-electron chi connectivity index (χ0n) is 25.7. The number of carboxylic acid groups (broad SMARTS) is 7. The second-order valence-electron chi connectivity index (χ2n) is 7.47. The summed E-state index contributed by atoms with van der Waals surface area (Å²) in [7, 11) is 0. The fraction of sp³-hybridized carbons (Fsp3) is 0.250. The Bertz CT molecular complexity index is 750. The van der Waals surface area contributed by atoms with Gasteiger partial charge in [0, 0.05) is 0 Å². The standard InChI is InChI=1S/7C4H6O2.Al.Zr/c7*1-3(2)4(5)6;;/h7*1H2,2H3,(H,5,6);;/q;;;;;;;+3;+4/p-7. The van der Waals surface area contributed by atoms with Crippen molar-refractivity contribution >= 4 is 59.1 Å². The van der Waals surface area contributed by atoms with E-state index in [1.54, 1.807) is 0 Å². The maximum Gasteiger partial charge on any atom is 4.00 e. The van der Waals surface area contributed by atoms with Crippen LogP contribution >= 0.6 is 0 Å². The van der Waals surface area contributed by atoms with E-state index in [2.05, 4.69) is 46.1 Å². The molecular weight excluding hydrogens is 679 g/mol. The summed E-state index contributed by atoms with van der Waals surface area (Å²) >= 11 is 0. The summed E-state index contributed by atoms with van der Waals surface area (Å²) in [5.74, 6) is -8.30. The van der Waals surface area contributed by atoms with Crippen molar-refractivity contribution in [3.8, 4) is 0 Å². The third-order valence-corrected chi connectivity index (χ3v) is 2.44. The molecule has 0 aliphatic rings. The third kappa shape index (κ3) is 90.3. The van der Waals surface area contributed by atoms with E-state index in [4.69, 9.17) is 0 Å². The van der Waals surface area contributed by atoms with Crippen molar-refractivity contribution in [1.29, 1.82) is 0 Å². The number of rotatable bonds is 7. The van der Waals surface area contributed by atoms with Gasteiger partial charge in [0.25, 0.3) is 0 Å². The third-order valence-electron chi connectivity index (χ3n) is 2.44. The Hall–Kier alpha value is -4.11. The van der Waals surface area contributed by atoms with Crippen molar-refractivity contribution < 1.29 is 95.5 Å². The van der Waals surface area contributed by atoms with Crippen LogP contribution in [0.2, 0.25) is 0 Å². The summed E-state index contributed by atoms with van der Waals surface area (Å²) in [6, 6.07) is 0. The van der Waals surface area contributed by atoms with Crippen LogP contribution in [0.3, 0.4) is 0 Å². The molecule has 0 aliphatic carbocycles. The summed E-state index contributed by atoms with van der Waals surface area (Å²) in [6.07, 6.45) is 0. The maximum atomic E-state index is 9.49. The molecule has 0 bridgehead atoms. The molecule has 0 aromatic rings. The van der Waals surface area contributed by atoms with E-state index in [-0.39, 0.29) is 82.6 Å². The zero-order chi connectivity index (χ0) is 36.1. The minimum Gasteiger partial charge on any atom is -0.545 e. The van der Waals surface area contributed by atoms with Crippen LogP contribution in [0.5, 0.6) is 0 Å². The Kier molecular flexibility index (Phi) is 55.9. The Morgan fingerprint density at radius 3 is 0.318 bits per heavy atom. The predicted octanol–water partition coefficient (Wildman–Crippen LogP) is -5.20. The Morgan fingerprint density at radius 1 is 0.295 bits per heavy atom. The van der Waals surface area contributed by atoms with Gasteiger partial charge >= 0.3 is 43.6 Å². The number of carbonyl (C=O) groups is 7. The Balaban J connectivity index is -0.0000000461. The molecule has 16 heteroatoms. The molecule has 14 nitrogen and oxygen atoms in total. The van der Waals surface area contributed by atoms with Crippen LogP contribution in [-0.2, 0) is 59.8 Å². The summed E-state index contributed by atoms with van der Waals surface area (Å²) in [6.45, 7) is 31.3. The molecule has 0 radical (unpaired) electrons. The first-order chi connectivity index (χ1) is 18.5. The van der Waals surface area contributed by atoms with Crippen LogP contribution in [0.15, 0.2) is 85.1 Å². The van der Waals surface area contributed by atoms with Gasteiger partial charge in [-0.3, -0.25) is 0 Å². The molecule has 44 heavy (non-hydrogen) atoms. The molecule has 0 heterocycles. The molecular formula is C28H35AlO14Zr. The second kappa shape index (κ2) is 38.9. The Labute approximate surface area is 287 Å². The fourth-order valence-electron chi connectivity index (χ4n) is 0. The van der Waals surface area contributed by atoms with Gasteiger partial charge in [-0.15, -0.1) is 0 Å². The molecule has 0 saturated heterocycles. The van der Waals surface area contributed by atoms with E-state index >= 15 is 0 Å². The minimum absolute atomic E-state index is 0. The van der Waals surface area contributed by atoms with Crippen LogP contribution in [0.1, 0.15) is 48.5 Å². The fourth-order valence-corrected chi connectivity index (χ4v) is 0. The molecule has 0 aromatic carbocycles. The molecule has 0 spiro atoms. The molecule has 0 amide bonds. The maximum absolute atomic E-state index is 9.49. The molecule has 0 aliphatic heterocycles. The van der Waals surface area contributed by atoms with Crippen molar-refractivity contribution in [3.63, 3.8) is 0 Å². The topological polar surface area (TPSA) is 281 Å². The van der Waals surface area contributed by atoms with Gasteiger partial charge in [-0.1, -0.05) is 46.1 Å². The predicted molar refractivity (Wildman–Crippen MR) is 145 cm³/mol. The number of carboxylic acids is 7. The van der Waals surface area contributed by atoms with Gasteiger partial charge in [0.2, 0.25) is 0 Å². The van der Waals surface area contributed by atoms with E-state index in [9.17, 15) is 69.3 Å². The van der Waals surface area contributed by atoms with Gasteiger partial charge < -0.3 is 69.3 Å². The average Bonchev–Trinajstić information content (AvgIpc) is 2.80. The van der Waals surface area contributed by atoms with Gasteiger partial charge in [0.15, 0.2) is 0 Å². The van der Waals surface area contributed by atoms with Crippen molar-refractivity contribution in [2.45, 2.75) is 48.5 Å². The first-order valence-corrected chi connectivity index (χ1v) is 10.6. The van der Waals surface area contributed by atoms with Crippen LogP contribution in [-0.4, -0.2) is 59.1 Å². The van der Waals surface area contributed by atoms with Gasteiger partial charge in [0.1, 0.15) is 0 Å². The van der Waals surface area contributed by atoms with Crippen molar-refractivity contribution in [2.24, 2.45) is 0 Å². The van der Waals surface area contributed by atoms with E-state index in [0.29, 0.717) is 0 Å². The molecule has 0 fully saturated rings. The van der Waals surface area contributed by atoms with Crippen LogP contribution < -0.4 is 35.7 Å². The van der Waals surface area contributed by atoms with Gasteiger partial charge in [0.05, 0.1) is 41.8 Å². The van der Waals surface area contributed by atoms with Gasteiger partial charge in [-0.05, 0) is 87.5 Å². The average molecular weight is 714 g/mol. The van der Waals surface area contributed by atoms with Gasteiger partial charge in [-0.25, -0.2) is 0 Å². The molecule has 0 rings (SSSR count). The molecule has 0 unspecified atom stereocenters. The zero-order valence-corrected chi connectivity index (χ0v) is 29.4. The summed E-state index contributed by atoms with van der Waals surface area (Å²) < 4.78 is 0. The summed E-state index contributed by atoms with van der Waals surface area (Å²) in [5, 5.41) is 66.4. The molecule has 0 aromatic heterocycles. The van der Waals surface area contributed by atoms with Crippen LogP contribution in [0, 0.1) is 0 Å². The van der Waals surface area contributed by atoms with E-state index < -0.39 is 41.8 Å². The van der Waals surface area contributed by atoms with Crippen molar-refractivity contribution in [1.82, 2.24) is 0 Å². The normalized spacial score (nSPS) is 7.16. The second-order valence-corrected chi connectivity index (χ2v) is 7.47. The number of aliphatic carboxylic acids is 7. The van der Waals surface area contributed by atoms with Crippen LogP contribution in [0.25, 0.3) is 0 Å². The quantitative estimate of drug-likeness (QED) is 0.176. The minimum atomic E-state index is -1.19. The molecule has 0 atom stereocenters. The molecule has 238 valence electrons. The summed E-state index contributed by atoms with van der Waals surface area (Å²) in [4.78, 5) is 66.4. The van der Waals surface area contributed by atoms with Gasteiger partial charge in [-0.2, -0.15) is 0 Å². The number of carbonyl (C=O) groups excluding carboxylic acids is 7.